The van der Waals surface area contributed by atoms with E-state index >= 15 is 0 Å². The molecule has 0 unspecified atom stereocenters. The first kappa shape index (κ1) is 15.3. The fraction of sp³-hybridized carbons (Fsp3) is 0.333. The molecule has 1 aliphatic heterocycles. The Morgan fingerprint density at radius 2 is 2.36 bits per heavy atom. The topological polar surface area (TPSA) is 68.7 Å². The lowest BCUT2D eigenvalue weighted by molar-refractivity contribution is 0.0696. The molecule has 0 saturated carbocycles. The maximum absolute atomic E-state index is 11.3. The summed E-state index contributed by atoms with van der Waals surface area (Å²) in [7, 11) is 0. The molecule has 1 aromatic carbocycles. The second-order valence-electron chi connectivity index (χ2n) is 5.06. The van der Waals surface area contributed by atoms with Crippen LogP contribution in [0.5, 0.6) is 5.75 Å². The number of carbonyl (C=O) groups is 1. The molecule has 3 rings (SSSR count). The van der Waals surface area contributed by atoms with E-state index in [1.807, 2.05) is 0 Å². The van der Waals surface area contributed by atoms with Gasteiger partial charge in [-0.05, 0) is 24.6 Å². The summed E-state index contributed by atoms with van der Waals surface area (Å²) in [5.74, 6) is -0.127. The van der Waals surface area contributed by atoms with Gasteiger partial charge in [-0.2, -0.15) is 0 Å². The van der Waals surface area contributed by atoms with Crippen LogP contribution < -0.4 is 4.74 Å². The lowest BCUT2D eigenvalue weighted by atomic mass is 10.1. The van der Waals surface area contributed by atoms with Crippen LogP contribution in [0.15, 0.2) is 24.4 Å². The van der Waals surface area contributed by atoms with Crippen molar-refractivity contribution in [2.45, 2.75) is 6.42 Å². The summed E-state index contributed by atoms with van der Waals surface area (Å²) >= 11 is 7.19. The number of aromatic carboxylic acids is 1. The number of rotatable bonds is 5. The zero-order valence-corrected chi connectivity index (χ0v) is 13.2. The van der Waals surface area contributed by atoms with Gasteiger partial charge in [0, 0.05) is 18.1 Å². The van der Waals surface area contributed by atoms with Crippen molar-refractivity contribution in [1.29, 1.82) is 0 Å². The number of benzene rings is 1. The summed E-state index contributed by atoms with van der Waals surface area (Å²) in [6, 6.07) is 4.89. The van der Waals surface area contributed by atoms with Gasteiger partial charge in [-0.1, -0.05) is 11.6 Å². The minimum Gasteiger partial charge on any atom is -0.493 e. The van der Waals surface area contributed by atoms with E-state index in [2.05, 4.69) is 4.98 Å². The Bertz CT molecular complexity index is 682. The number of nitrogens with zero attached hydrogens (tertiary/aromatic N) is 1. The maximum Gasteiger partial charge on any atom is 0.335 e. The van der Waals surface area contributed by atoms with E-state index in [0.717, 1.165) is 13.0 Å². The lowest BCUT2D eigenvalue weighted by Crippen LogP contribution is -2.12. The Labute approximate surface area is 136 Å². The van der Waals surface area contributed by atoms with Gasteiger partial charge in [0.05, 0.1) is 25.0 Å². The number of hydrogen-bond donors (Lipinski definition) is 1. The first-order chi connectivity index (χ1) is 10.6. The van der Waals surface area contributed by atoms with Crippen molar-refractivity contribution in [3.8, 4) is 16.3 Å². The van der Waals surface area contributed by atoms with Gasteiger partial charge in [-0.15, -0.1) is 11.3 Å². The van der Waals surface area contributed by atoms with Crippen molar-refractivity contribution in [2.24, 2.45) is 5.92 Å². The molecule has 0 aliphatic carbocycles. The van der Waals surface area contributed by atoms with Crippen molar-refractivity contribution in [3.05, 3.63) is 34.3 Å². The van der Waals surface area contributed by atoms with Gasteiger partial charge >= 0.3 is 5.97 Å². The second kappa shape index (κ2) is 6.64. The average molecular weight is 340 g/mol. The highest BCUT2D eigenvalue weighted by Gasteiger charge is 2.17. The van der Waals surface area contributed by atoms with Gasteiger partial charge in [-0.3, -0.25) is 0 Å². The molecule has 7 heteroatoms. The molecule has 5 nitrogen and oxygen atoms in total. The maximum atomic E-state index is 11.3. The Balaban J connectivity index is 1.84. The van der Waals surface area contributed by atoms with Crippen LogP contribution in [0.2, 0.25) is 4.34 Å². The second-order valence-corrected chi connectivity index (χ2v) is 6.72. The molecule has 22 heavy (non-hydrogen) atoms. The summed E-state index contributed by atoms with van der Waals surface area (Å²) in [6.45, 7) is 1.96. The Hall–Kier alpha value is -1.63. The number of carboxylic acids is 1. The van der Waals surface area contributed by atoms with Crippen LogP contribution in [0.4, 0.5) is 0 Å². The van der Waals surface area contributed by atoms with Crippen LogP contribution in [0.1, 0.15) is 16.8 Å². The predicted molar refractivity (Wildman–Crippen MR) is 83.9 cm³/mol. The van der Waals surface area contributed by atoms with Crippen LogP contribution in [-0.4, -0.2) is 35.9 Å². The third-order valence-corrected chi connectivity index (χ3v) is 4.55. The molecule has 0 amide bonds. The molecule has 2 heterocycles. The van der Waals surface area contributed by atoms with Crippen LogP contribution in [0.3, 0.4) is 0 Å². The van der Waals surface area contributed by atoms with Crippen molar-refractivity contribution < 1.29 is 19.4 Å². The molecule has 1 fully saturated rings. The van der Waals surface area contributed by atoms with Gasteiger partial charge in [0.25, 0.3) is 0 Å². The minimum absolute atomic E-state index is 0.168. The van der Waals surface area contributed by atoms with Crippen molar-refractivity contribution in [1.82, 2.24) is 4.98 Å². The predicted octanol–water partition coefficient (Wildman–Crippen LogP) is 3.58. The molecule has 1 aromatic heterocycles. The molecule has 1 aliphatic rings. The number of thiazole rings is 1. The number of ether oxygens (including phenoxy) is 2. The van der Waals surface area contributed by atoms with Crippen molar-refractivity contribution >= 4 is 28.9 Å². The monoisotopic (exact) mass is 339 g/mol. The number of halogens is 1. The summed E-state index contributed by atoms with van der Waals surface area (Å²) < 4.78 is 11.6. The van der Waals surface area contributed by atoms with E-state index in [0.29, 0.717) is 39.8 Å². The molecule has 0 radical (unpaired) electrons. The SMILES string of the molecule is O=C(O)c1cc(OC[C@H]2CCOC2)cc(-c2ncc(Cl)s2)c1. The van der Waals surface area contributed by atoms with Gasteiger partial charge in [0.15, 0.2) is 0 Å². The van der Waals surface area contributed by atoms with Gasteiger partial charge < -0.3 is 14.6 Å². The van der Waals surface area contributed by atoms with E-state index in [9.17, 15) is 9.90 Å². The smallest absolute Gasteiger partial charge is 0.335 e. The average Bonchev–Trinajstić information content (AvgIpc) is 3.16. The molecule has 1 atom stereocenters. The van der Waals surface area contributed by atoms with Gasteiger partial charge in [0.2, 0.25) is 0 Å². The van der Waals surface area contributed by atoms with Crippen LogP contribution in [0, 0.1) is 5.92 Å². The molecule has 1 saturated heterocycles. The first-order valence-electron chi connectivity index (χ1n) is 6.82. The zero-order chi connectivity index (χ0) is 15.5. The van der Waals surface area contributed by atoms with E-state index in [1.54, 1.807) is 18.3 Å². The highest BCUT2D eigenvalue weighted by atomic mass is 35.5. The summed E-state index contributed by atoms with van der Waals surface area (Å²) in [5.41, 5.74) is 0.857. The van der Waals surface area contributed by atoms with E-state index in [4.69, 9.17) is 21.1 Å². The first-order valence-corrected chi connectivity index (χ1v) is 8.02. The van der Waals surface area contributed by atoms with E-state index < -0.39 is 5.97 Å². The highest BCUT2D eigenvalue weighted by Crippen LogP contribution is 2.31. The highest BCUT2D eigenvalue weighted by molar-refractivity contribution is 7.18. The van der Waals surface area contributed by atoms with Crippen LogP contribution >= 0.6 is 22.9 Å². The summed E-state index contributed by atoms with van der Waals surface area (Å²) in [4.78, 5) is 15.5. The third kappa shape index (κ3) is 3.58. The molecule has 0 spiro atoms. The fourth-order valence-corrected chi connectivity index (χ4v) is 3.15. The molecule has 116 valence electrons. The molecule has 1 N–H and O–H groups in total. The normalized spacial score (nSPS) is 17.6. The van der Waals surface area contributed by atoms with Crippen LogP contribution in [-0.2, 0) is 4.74 Å². The number of aromatic nitrogens is 1. The molecule has 0 bridgehead atoms. The number of carboxylic acid groups (broad SMARTS) is 1. The minimum atomic E-state index is -1.00. The Morgan fingerprint density at radius 3 is 3.00 bits per heavy atom. The van der Waals surface area contributed by atoms with Crippen molar-refractivity contribution in [2.75, 3.05) is 19.8 Å². The Kier molecular flexibility index (Phi) is 4.61. The van der Waals surface area contributed by atoms with Crippen molar-refractivity contribution in [3.63, 3.8) is 0 Å². The largest absolute Gasteiger partial charge is 0.493 e. The summed E-state index contributed by atoms with van der Waals surface area (Å²) in [5, 5.41) is 9.92. The fourth-order valence-electron chi connectivity index (χ4n) is 2.25. The molecular formula is C15H14ClNO4S. The quantitative estimate of drug-likeness (QED) is 0.901. The van der Waals surface area contributed by atoms with Crippen LogP contribution in [0.25, 0.3) is 10.6 Å². The standard InChI is InChI=1S/C15H14ClNO4S/c16-13-6-17-14(22-13)10-3-11(15(18)19)5-12(4-10)21-8-9-1-2-20-7-9/h3-6,9H,1-2,7-8H2,(H,18,19)/t9-/m0/s1. The number of hydrogen-bond acceptors (Lipinski definition) is 5. The van der Waals surface area contributed by atoms with Gasteiger partial charge in [0.1, 0.15) is 15.1 Å². The molecular weight excluding hydrogens is 326 g/mol. The molecule has 2 aromatic rings. The Morgan fingerprint density at radius 1 is 1.50 bits per heavy atom. The lowest BCUT2D eigenvalue weighted by Gasteiger charge is -2.12. The zero-order valence-electron chi connectivity index (χ0n) is 11.6. The van der Waals surface area contributed by atoms with Gasteiger partial charge in [-0.25, -0.2) is 9.78 Å². The third-order valence-electron chi connectivity index (χ3n) is 3.39. The summed E-state index contributed by atoms with van der Waals surface area (Å²) in [6.07, 6.45) is 2.51. The van der Waals surface area contributed by atoms with E-state index in [-0.39, 0.29) is 5.56 Å². The van der Waals surface area contributed by atoms with E-state index in [1.165, 1.54) is 17.4 Å².